The average Bonchev–Trinajstić information content (AvgIpc) is 2.98. The van der Waals surface area contributed by atoms with E-state index in [0.717, 1.165) is 6.42 Å². The third-order valence-electron chi connectivity index (χ3n) is 5.64. The van der Waals surface area contributed by atoms with Crippen molar-refractivity contribution in [3.63, 3.8) is 0 Å². The van der Waals surface area contributed by atoms with Gasteiger partial charge in [-0.25, -0.2) is 0 Å². The minimum absolute atomic E-state index is 0.0793. The molecule has 0 atom stereocenters. The van der Waals surface area contributed by atoms with Crippen LogP contribution in [0.3, 0.4) is 0 Å². The fraction of sp³-hybridized carbons (Fsp3) is 0.0667. The van der Waals surface area contributed by atoms with Crippen LogP contribution in [0, 0.1) is 0 Å². The standard InChI is InChI=1S/C30H25BrN4O4S/c31-25-19-23(13-16-26(25)39-18-17-20-7-3-1-4-8-20)28(37)33-30(40)35-34-29(38)22-11-14-24(15-12-22)32-27(36)21-9-5-2-6-10-21/h1-16,19H,17-18H2,(H,32,36)(H,34,38)(H2,33,35,37,40). The van der Waals surface area contributed by atoms with Crippen molar-refractivity contribution >= 4 is 56.7 Å². The second-order valence-corrected chi connectivity index (χ2v) is 9.75. The van der Waals surface area contributed by atoms with Gasteiger partial charge in [0.1, 0.15) is 5.75 Å². The van der Waals surface area contributed by atoms with Crippen molar-refractivity contribution in [2.45, 2.75) is 6.42 Å². The molecular weight excluding hydrogens is 592 g/mol. The predicted molar refractivity (Wildman–Crippen MR) is 161 cm³/mol. The van der Waals surface area contributed by atoms with Gasteiger partial charge < -0.3 is 10.1 Å². The molecule has 0 heterocycles. The normalized spacial score (nSPS) is 10.2. The van der Waals surface area contributed by atoms with E-state index in [1.165, 1.54) is 5.56 Å². The summed E-state index contributed by atoms with van der Waals surface area (Å²) in [5.74, 6) is -0.567. The molecular formula is C30H25BrN4O4S. The molecule has 4 aromatic carbocycles. The van der Waals surface area contributed by atoms with Crippen LogP contribution in [0.4, 0.5) is 5.69 Å². The molecule has 0 saturated heterocycles. The van der Waals surface area contributed by atoms with E-state index in [1.54, 1.807) is 66.7 Å². The van der Waals surface area contributed by atoms with Crippen LogP contribution < -0.4 is 26.2 Å². The van der Waals surface area contributed by atoms with Gasteiger partial charge in [-0.1, -0.05) is 48.5 Å². The van der Waals surface area contributed by atoms with E-state index in [4.69, 9.17) is 17.0 Å². The van der Waals surface area contributed by atoms with Crippen molar-refractivity contribution in [3.8, 4) is 5.75 Å². The van der Waals surface area contributed by atoms with Gasteiger partial charge in [-0.2, -0.15) is 0 Å². The van der Waals surface area contributed by atoms with E-state index in [0.29, 0.717) is 39.2 Å². The Kier molecular flexibility index (Phi) is 9.98. The van der Waals surface area contributed by atoms with Gasteiger partial charge in [0.05, 0.1) is 11.1 Å². The van der Waals surface area contributed by atoms with Crippen molar-refractivity contribution in [2.75, 3.05) is 11.9 Å². The molecule has 0 unspecified atom stereocenters. The van der Waals surface area contributed by atoms with E-state index >= 15 is 0 Å². The lowest BCUT2D eigenvalue weighted by Crippen LogP contribution is -2.48. The second kappa shape index (κ2) is 14.0. The van der Waals surface area contributed by atoms with Gasteiger partial charge in [0.2, 0.25) is 0 Å². The van der Waals surface area contributed by atoms with Gasteiger partial charge in [0.15, 0.2) is 5.11 Å². The smallest absolute Gasteiger partial charge is 0.269 e. The zero-order valence-electron chi connectivity index (χ0n) is 21.1. The molecule has 8 nitrogen and oxygen atoms in total. The maximum absolute atomic E-state index is 12.6. The van der Waals surface area contributed by atoms with Crippen LogP contribution in [-0.2, 0) is 6.42 Å². The fourth-order valence-electron chi connectivity index (χ4n) is 3.57. The van der Waals surface area contributed by atoms with Gasteiger partial charge in [-0.15, -0.1) is 0 Å². The predicted octanol–water partition coefficient (Wildman–Crippen LogP) is 5.27. The zero-order valence-corrected chi connectivity index (χ0v) is 23.6. The van der Waals surface area contributed by atoms with Crippen LogP contribution >= 0.6 is 28.1 Å². The van der Waals surface area contributed by atoms with Crippen molar-refractivity contribution < 1.29 is 19.1 Å². The SMILES string of the molecule is O=C(NNC(=S)NC(=O)c1ccc(OCCc2ccccc2)c(Br)c1)c1ccc(NC(=O)c2ccccc2)cc1. The molecule has 3 amide bonds. The third-order valence-corrected chi connectivity index (χ3v) is 6.47. The third kappa shape index (κ3) is 8.23. The van der Waals surface area contributed by atoms with Crippen LogP contribution in [0.25, 0.3) is 0 Å². The fourth-order valence-corrected chi connectivity index (χ4v) is 4.21. The maximum atomic E-state index is 12.6. The van der Waals surface area contributed by atoms with Crippen molar-refractivity contribution in [2.24, 2.45) is 0 Å². The number of thiocarbonyl (C=S) groups is 1. The molecule has 4 rings (SSSR count). The Hall–Kier alpha value is -4.54. The molecule has 0 aliphatic carbocycles. The number of hydrogen-bond acceptors (Lipinski definition) is 5. The monoisotopic (exact) mass is 616 g/mol. The van der Waals surface area contributed by atoms with Gasteiger partial charge >= 0.3 is 0 Å². The number of hydrazine groups is 1. The molecule has 0 radical (unpaired) electrons. The summed E-state index contributed by atoms with van der Waals surface area (Å²) in [5.41, 5.74) is 7.87. The molecule has 0 saturated carbocycles. The molecule has 202 valence electrons. The van der Waals surface area contributed by atoms with Crippen LogP contribution in [0.5, 0.6) is 5.75 Å². The summed E-state index contributed by atoms with van der Waals surface area (Å²) >= 11 is 8.57. The van der Waals surface area contributed by atoms with Crippen molar-refractivity contribution in [3.05, 3.63) is 130 Å². The number of amides is 3. The molecule has 0 aromatic heterocycles. The Balaban J connectivity index is 1.22. The van der Waals surface area contributed by atoms with Crippen LogP contribution in [0.2, 0.25) is 0 Å². The van der Waals surface area contributed by atoms with Crippen LogP contribution in [0.15, 0.2) is 108 Å². The average molecular weight is 618 g/mol. The van der Waals surface area contributed by atoms with Gasteiger partial charge in [0.25, 0.3) is 17.7 Å². The quantitative estimate of drug-likeness (QED) is 0.159. The highest BCUT2D eigenvalue weighted by Gasteiger charge is 2.13. The number of carbonyl (C=O) groups is 3. The van der Waals surface area contributed by atoms with E-state index in [-0.39, 0.29) is 11.0 Å². The lowest BCUT2D eigenvalue weighted by Gasteiger charge is -2.12. The zero-order chi connectivity index (χ0) is 28.3. The minimum atomic E-state index is -0.475. The molecule has 40 heavy (non-hydrogen) atoms. The Morgan fingerprint density at radius 3 is 2.00 bits per heavy atom. The first-order valence-electron chi connectivity index (χ1n) is 12.2. The Morgan fingerprint density at radius 1 is 0.700 bits per heavy atom. The van der Waals surface area contributed by atoms with Gasteiger partial charge in [0, 0.05) is 28.8 Å². The molecule has 0 aliphatic rings. The first-order chi connectivity index (χ1) is 19.4. The van der Waals surface area contributed by atoms with E-state index in [9.17, 15) is 14.4 Å². The summed E-state index contributed by atoms with van der Waals surface area (Å²) in [5, 5.41) is 5.21. The number of hydrogen-bond donors (Lipinski definition) is 4. The first kappa shape index (κ1) is 28.5. The maximum Gasteiger partial charge on any atom is 0.269 e. The first-order valence-corrected chi connectivity index (χ1v) is 13.4. The highest BCUT2D eigenvalue weighted by molar-refractivity contribution is 9.10. The molecule has 4 aromatic rings. The molecule has 0 bridgehead atoms. The molecule has 0 aliphatic heterocycles. The highest BCUT2D eigenvalue weighted by atomic mass is 79.9. The van der Waals surface area contributed by atoms with Crippen LogP contribution in [-0.4, -0.2) is 29.4 Å². The molecule has 10 heteroatoms. The van der Waals surface area contributed by atoms with Gasteiger partial charge in [-0.3, -0.25) is 30.6 Å². The summed E-state index contributed by atoms with van der Waals surface area (Å²) in [4.78, 5) is 37.3. The second-order valence-electron chi connectivity index (χ2n) is 8.49. The number of anilines is 1. The van der Waals surface area contributed by atoms with E-state index in [2.05, 4.69) is 37.4 Å². The summed E-state index contributed by atoms with van der Waals surface area (Å²) in [6.07, 6.45) is 0.760. The number of rotatable bonds is 8. The van der Waals surface area contributed by atoms with Crippen LogP contribution in [0.1, 0.15) is 36.6 Å². The number of benzene rings is 4. The number of nitrogens with one attached hydrogen (secondary N) is 4. The highest BCUT2D eigenvalue weighted by Crippen LogP contribution is 2.26. The summed E-state index contributed by atoms with van der Waals surface area (Å²) < 4.78 is 6.45. The number of ether oxygens (including phenoxy) is 1. The Morgan fingerprint density at radius 2 is 1.32 bits per heavy atom. The van der Waals surface area contributed by atoms with Gasteiger partial charge in [-0.05, 0) is 88.3 Å². The lowest BCUT2D eigenvalue weighted by molar-refractivity contribution is 0.0934. The largest absolute Gasteiger partial charge is 0.492 e. The summed E-state index contributed by atoms with van der Waals surface area (Å²) in [6, 6.07) is 30.1. The van der Waals surface area contributed by atoms with E-state index in [1.807, 2.05) is 36.4 Å². The molecule has 0 fully saturated rings. The topological polar surface area (TPSA) is 109 Å². The summed E-state index contributed by atoms with van der Waals surface area (Å²) in [6.45, 7) is 0.493. The Labute approximate surface area is 245 Å². The minimum Gasteiger partial charge on any atom is -0.492 e. The molecule has 0 spiro atoms. The van der Waals surface area contributed by atoms with Crippen molar-refractivity contribution in [1.82, 2.24) is 16.2 Å². The van der Waals surface area contributed by atoms with Crippen molar-refractivity contribution in [1.29, 1.82) is 0 Å². The Bertz CT molecular complexity index is 1500. The number of carbonyl (C=O) groups excluding carboxylic acids is 3. The number of halogens is 1. The lowest BCUT2D eigenvalue weighted by atomic mass is 10.1. The molecule has 4 N–H and O–H groups in total. The summed E-state index contributed by atoms with van der Waals surface area (Å²) in [7, 11) is 0. The van der Waals surface area contributed by atoms with E-state index < -0.39 is 11.8 Å².